The Morgan fingerprint density at radius 3 is 2.65 bits per heavy atom. The Balaban J connectivity index is 1.76. The molecule has 2 atom stereocenters. The number of aryl methyl sites for hydroxylation is 1. The Kier molecular flexibility index (Phi) is 3.83. The third-order valence-electron chi connectivity index (χ3n) is 4.80. The molecule has 110 valence electrons. The van der Waals surface area contributed by atoms with Crippen molar-refractivity contribution in [2.75, 3.05) is 20.1 Å². The molecule has 0 unspecified atom stereocenters. The first-order valence-corrected chi connectivity index (χ1v) is 7.80. The van der Waals surface area contributed by atoms with Crippen LogP contribution in [0, 0.1) is 0 Å². The van der Waals surface area contributed by atoms with Crippen LogP contribution in [0.4, 0.5) is 0 Å². The molecule has 0 spiro atoms. The SMILES string of the molecule is CCc1ccc(C(=O)N2CCC[C@H]2[C@H]2CCCN2C)o1. The van der Waals surface area contributed by atoms with Crippen LogP contribution >= 0.6 is 0 Å². The predicted molar refractivity (Wildman–Crippen MR) is 77.8 cm³/mol. The van der Waals surface area contributed by atoms with Gasteiger partial charge >= 0.3 is 0 Å². The third-order valence-corrected chi connectivity index (χ3v) is 4.80. The summed E-state index contributed by atoms with van der Waals surface area (Å²) in [5, 5.41) is 0. The molecule has 0 bridgehead atoms. The van der Waals surface area contributed by atoms with Crippen LogP contribution in [0.25, 0.3) is 0 Å². The van der Waals surface area contributed by atoms with Crippen molar-refractivity contribution >= 4 is 5.91 Å². The van der Waals surface area contributed by atoms with Crippen LogP contribution in [-0.2, 0) is 6.42 Å². The van der Waals surface area contributed by atoms with Crippen molar-refractivity contribution in [2.24, 2.45) is 0 Å². The van der Waals surface area contributed by atoms with Gasteiger partial charge in [-0.1, -0.05) is 6.92 Å². The van der Waals surface area contributed by atoms with Crippen molar-refractivity contribution in [1.82, 2.24) is 9.80 Å². The largest absolute Gasteiger partial charge is 0.456 e. The molecule has 0 saturated carbocycles. The van der Waals surface area contributed by atoms with Gasteiger partial charge in [0.15, 0.2) is 5.76 Å². The van der Waals surface area contributed by atoms with Crippen molar-refractivity contribution in [2.45, 2.75) is 51.1 Å². The van der Waals surface area contributed by atoms with Crippen LogP contribution in [0.15, 0.2) is 16.5 Å². The van der Waals surface area contributed by atoms with Crippen molar-refractivity contribution in [1.29, 1.82) is 0 Å². The van der Waals surface area contributed by atoms with E-state index in [9.17, 15) is 4.79 Å². The van der Waals surface area contributed by atoms with E-state index in [1.54, 1.807) is 0 Å². The van der Waals surface area contributed by atoms with E-state index in [0.29, 0.717) is 17.8 Å². The van der Waals surface area contributed by atoms with Crippen LogP contribution in [-0.4, -0.2) is 47.9 Å². The molecular formula is C16H24N2O2. The zero-order chi connectivity index (χ0) is 14.1. The van der Waals surface area contributed by atoms with Crippen molar-refractivity contribution in [3.05, 3.63) is 23.7 Å². The Morgan fingerprint density at radius 2 is 2.00 bits per heavy atom. The highest BCUT2D eigenvalue weighted by Crippen LogP contribution is 2.30. The average Bonchev–Trinajstić information content (AvgIpc) is 3.17. The fraction of sp³-hybridized carbons (Fsp3) is 0.688. The molecule has 3 heterocycles. The van der Waals surface area contributed by atoms with Gasteiger partial charge in [0.05, 0.1) is 0 Å². The standard InChI is InChI=1S/C16H24N2O2/c1-3-12-8-9-15(20-12)16(19)18-11-5-7-14(18)13-6-4-10-17(13)2/h8-9,13-14H,3-7,10-11H2,1-2H3/t13-,14+/m1/s1. The van der Waals surface area contributed by atoms with Crippen LogP contribution < -0.4 is 0 Å². The highest BCUT2D eigenvalue weighted by atomic mass is 16.4. The number of hydrogen-bond acceptors (Lipinski definition) is 3. The second-order valence-corrected chi connectivity index (χ2v) is 6.02. The van der Waals surface area contributed by atoms with E-state index in [1.807, 2.05) is 24.0 Å². The van der Waals surface area contributed by atoms with Gasteiger partial charge in [0.25, 0.3) is 5.91 Å². The normalized spacial score (nSPS) is 27.4. The smallest absolute Gasteiger partial charge is 0.289 e. The molecule has 2 aliphatic rings. The van der Waals surface area contributed by atoms with Crippen LogP contribution in [0.2, 0.25) is 0 Å². The minimum atomic E-state index is 0.0764. The second kappa shape index (κ2) is 5.60. The lowest BCUT2D eigenvalue weighted by Gasteiger charge is -2.32. The number of furan rings is 1. The molecule has 0 radical (unpaired) electrons. The topological polar surface area (TPSA) is 36.7 Å². The lowest BCUT2D eigenvalue weighted by atomic mass is 10.0. The van der Waals surface area contributed by atoms with Crippen LogP contribution in [0.1, 0.15) is 48.9 Å². The van der Waals surface area contributed by atoms with Gasteiger partial charge in [-0.05, 0) is 51.4 Å². The van der Waals surface area contributed by atoms with E-state index in [1.165, 1.54) is 12.8 Å². The molecule has 0 aromatic carbocycles. The molecule has 0 N–H and O–H groups in total. The summed E-state index contributed by atoms with van der Waals surface area (Å²) in [4.78, 5) is 17.1. The lowest BCUT2D eigenvalue weighted by molar-refractivity contribution is 0.0631. The number of rotatable bonds is 3. The maximum atomic E-state index is 12.7. The summed E-state index contributed by atoms with van der Waals surface area (Å²) in [5.74, 6) is 1.48. The monoisotopic (exact) mass is 276 g/mol. The maximum absolute atomic E-state index is 12.7. The number of carbonyl (C=O) groups is 1. The summed E-state index contributed by atoms with van der Waals surface area (Å²) < 4.78 is 5.64. The molecule has 2 fully saturated rings. The van der Waals surface area contributed by atoms with Crippen molar-refractivity contribution in [3.63, 3.8) is 0 Å². The van der Waals surface area contributed by atoms with Crippen molar-refractivity contribution in [3.8, 4) is 0 Å². The van der Waals surface area contributed by atoms with Gasteiger partial charge in [-0.25, -0.2) is 0 Å². The average molecular weight is 276 g/mol. The predicted octanol–water partition coefficient (Wildman–Crippen LogP) is 2.54. The first-order valence-electron chi connectivity index (χ1n) is 7.80. The summed E-state index contributed by atoms with van der Waals surface area (Å²) in [6.07, 6.45) is 5.54. The van der Waals surface area contributed by atoms with E-state index in [4.69, 9.17) is 4.42 Å². The minimum absolute atomic E-state index is 0.0764. The molecule has 1 aromatic rings. The number of likely N-dealkylation sites (N-methyl/N-ethyl adjacent to an activating group) is 1. The third kappa shape index (κ3) is 2.37. The van der Waals surface area contributed by atoms with Crippen LogP contribution in [0.3, 0.4) is 0 Å². The summed E-state index contributed by atoms with van der Waals surface area (Å²) >= 11 is 0. The fourth-order valence-electron chi connectivity index (χ4n) is 3.69. The fourth-order valence-corrected chi connectivity index (χ4v) is 3.69. The number of carbonyl (C=O) groups excluding carboxylic acids is 1. The molecule has 4 heteroatoms. The van der Waals surface area contributed by atoms with Gasteiger partial charge in [0.2, 0.25) is 0 Å². The number of nitrogens with zero attached hydrogens (tertiary/aromatic N) is 2. The van der Waals surface area contributed by atoms with E-state index in [-0.39, 0.29) is 5.91 Å². The Hall–Kier alpha value is -1.29. The first kappa shape index (κ1) is 13.7. The minimum Gasteiger partial charge on any atom is -0.456 e. The molecule has 0 aliphatic carbocycles. The van der Waals surface area contributed by atoms with Gasteiger partial charge in [0, 0.05) is 25.0 Å². The van der Waals surface area contributed by atoms with Gasteiger partial charge in [0.1, 0.15) is 5.76 Å². The Labute approximate surface area is 120 Å². The Morgan fingerprint density at radius 1 is 1.25 bits per heavy atom. The summed E-state index contributed by atoms with van der Waals surface area (Å²) in [5.41, 5.74) is 0. The Bertz CT molecular complexity index is 483. The number of hydrogen-bond donors (Lipinski definition) is 0. The summed E-state index contributed by atoms with van der Waals surface area (Å²) in [6, 6.07) is 4.64. The zero-order valence-electron chi connectivity index (χ0n) is 12.5. The van der Waals surface area contributed by atoms with Gasteiger partial charge < -0.3 is 14.2 Å². The second-order valence-electron chi connectivity index (χ2n) is 6.02. The highest BCUT2D eigenvalue weighted by molar-refractivity contribution is 5.92. The quantitative estimate of drug-likeness (QED) is 0.851. The molecule has 4 nitrogen and oxygen atoms in total. The molecule has 1 amide bonds. The van der Waals surface area contributed by atoms with E-state index in [0.717, 1.165) is 38.1 Å². The van der Waals surface area contributed by atoms with Gasteiger partial charge in [-0.15, -0.1) is 0 Å². The van der Waals surface area contributed by atoms with Gasteiger partial charge in [-0.3, -0.25) is 4.79 Å². The number of likely N-dealkylation sites (tertiary alicyclic amines) is 2. The highest BCUT2D eigenvalue weighted by Gasteiger charge is 2.39. The van der Waals surface area contributed by atoms with E-state index in [2.05, 4.69) is 11.9 Å². The molecule has 3 rings (SSSR count). The van der Waals surface area contributed by atoms with E-state index >= 15 is 0 Å². The zero-order valence-corrected chi connectivity index (χ0v) is 12.5. The molecule has 2 saturated heterocycles. The summed E-state index contributed by atoms with van der Waals surface area (Å²) in [7, 11) is 2.18. The van der Waals surface area contributed by atoms with Crippen molar-refractivity contribution < 1.29 is 9.21 Å². The summed E-state index contributed by atoms with van der Waals surface area (Å²) in [6.45, 7) is 4.07. The van der Waals surface area contributed by atoms with Gasteiger partial charge in [-0.2, -0.15) is 0 Å². The molecule has 1 aromatic heterocycles. The maximum Gasteiger partial charge on any atom is 0.289 e. The molecular weight excluding hydrogens is 252 g/mol. The number of amides is 1. The van der Waals surface area contributed by atoms with Crippen LogP contribution in [0.5, 0.6) is 0 Å². The molecule has 2 aliphatic heterocycles. The van der Waals surface area contributed by atoms with E-state index < -0.39 is 0 Å². The molecule has 20 heavy (non-hydrogen) atoms. The first-order chi connectivity index (χ1) is 9.70. The lowest BCUT2D eigenvalue weighted by Crippen LogP contribution is -2.47.